The molecule has 0 radical (unpaired) electrons. The van der Waals surface area contributed by atoms with Gasteiger partial charge in [0.15, 0.2) is 0 Å². The number of nitrogens with one attached hydrogen (secondary N) is 1. The maximum atomic E-state index is 13.5. The minimum atomic E-state index is -0.181. The third kappa shape index (κ3) is 2.62. The normalized spacial score (nSPS) is 10.7. The highest BCUT2D eigenvalue weighted by atomic mass is 19.1. The van der Waals surface area contributed by atoms with Gasteiger partial charge >= 0.3 is 0 Å². The topological polar surface area (TPSA) is 24.9 Å². The number of fused-ring (bicyclic) bond motifs is 1. The molecule has 0 atom stereocenters. The maximum Gasteiger partial charge on any atom is 0.128 e. The Kier molecular flexibility index (Phi) is 3.33. The zero-order chi connectivity index (χ0) is 13.9. The monoisotopic (exact) mass is 266 g/mol. The number of nitrogens with zero attached hydrogens (tertiary/aromatic N) is 1. The smallest absolute Gasteiger partial charge is 0.128 e. The van der Waals surface area contributed by atoms with Crippen LogP contribution in [0.25, 0.3) is 10.8 Å². The molecule has 3 rings (SSSR count). The second kappa shape index (κ2) is 5.29. The van der Waals surface area contributed by atoms with Crippen LogP contribution in [0.3, 0.4) is 0 Å². The number of hydrogen-bond donors (Lipinski definition) is 1. The molecule has 0 aliphatic rings. The molecule has 0 aliphatic carbocycles. The Bertz CT molecular complexity index is 753. The average molecular weight is 266 g/mol. The Morgan fingerprint density at radius 1 is 1.05 bits per heavy atom. The Morgan fingerprint density at radius 3 is 2.80 bits per heavy atom. The number of aromatic nitrogens is 1. The molecule has 1 heterocycles. The third-order valence-electron chi connectivity index (χ3n) is 3.37. The van der Waals surface area contributed by atoms with Crippen LogP contribution in [0, 0.1) is 12.7 Å². The van der Waals surface area contributed by atoms with Crippen LogP contribution in [-0.2, 0) is 6.54 Å². The van der Waals surface area contributed by atoms with Crippen molar-refractivity contribution in [2.24, 2.45) is 0 Å². The summed E-state index contributed by atoms with van der Waals surface area (Å²) in [6.07, 6.45) is 3.64. The summed E-state index contributed by atoms with van der Waals surface area (Å²) >= 11 is 0. The van der Waals surface area contributed by atoms with Crippen LogP contribution in [0.5, 0.6) is 0 Å². The molecule has 20 heavy (non-hydrogen) atoms. The fourth-order valence-corrected chi connectivity index (χ4v) is 2.15. The van der Waals surface area contributed by atoms with Gasteiger partial charge in [-0.3, -0.25) is 4.98 Å². The number of hydrogen-bond acceptors (Lipinski definition) is 2. The summed E-state index contributed by atoms with van der Waals surface area (Å²) in [6, 6.07) is 13.4. The van der Waals surface area contributed by atoms with E-state index in [0.29, 0.717) is 12.1 Å². The van der Waals surface area contributed by atoms with Crippen LogP contribution in [0.15, 0.2) is 54.9 Å². The van der Waals surface area contributed by atoms with Crippen LogP contribution in [-0.4, -0.2) is 4.98 Å². The van der Waals surface area contributed by atoms with E-state index in [2.05, 4.69) is 28.5 Å². The van der Waals surface area contributed by atoms with E-state index in [1.165, 1.54) is 6.07 Å². The van der Waals surface area contributed by atoms with Crippen molar-refractivity contribution in [1.29, 1.82) is 0 Å². The lowest BCUT2D eigenvalue weighted by molar-refractivity contribution is 0.619. The highest BCUT2D eigenvalue weighted by molar-refractivity contribution is 5.82. The minimum absolute atomic E-state index is 0.181. The van der Waals surface area contributed by atoms with E-state index < -0.39 is 0 Å². The highest BCUT2D eigenvalue weighted by Crippen LogP contribution is 2.17. The Morgan fingerprint density at radius 2 is 1.95 bits per heavy atom. The molecule has 0 aliphatic heterocycles. The number of halogens is 1. The summed E-state index contributed by atoms with van der Waals surface area (Å²) in [5.74, 6) is -0.181. The molecule has 2 aromatic carbocycles. The first-order valence-electron chi connectivity index (χ1n) is 6.55. The van der Waals surface area contributed by atoms with Crippen molar-refractivity contribution in [2.45, 2.75) is 13.5 Å². The van der Waals surface area contributed by atoms with E-state index in [9.17, 15) is 4.39 Å². The van der Waals surface area contributed by atoms with Crippen LogP contribution in [0.1, 0.15) is 11.1 Å². The number of anilines is 1. The summed E-state index contributed by atoms with van der Waals surface area (Å²) in [5, 5.41) is 5.52. The average Bonchev–Trinajstić information content (AvgIpc) is 2.48. The summed E-state index contributed by atoms with van der Waals surface area (Å²) in [4.78, 5) is 4.10. The number of pyridine rings is 1. The lowest BCUT2D eigenvalue weighted by atomic mass is 10.1. The third-order valence-corrected chi connectivity index (χ3v) is 3.37. The molecular formula is C17H15FN2. The van der Waals surface area contributed by atoms with Gasteiger partial charge in [0.05, 0.1) is 0 Å². The fourth-order valence-electron chi connectivity index (χ4n) is 2.15. The lowest BCUT2D eigenvalue weighted by Gasteiger charge is -2.08. The van der Waals surface area contributed by atoms with E-state index >= 15 is 0 Å². The summed E-state index contributed by atoms with van der Waals surface area (Å²) < 4.78 is 13.5. The Hall–Kier alpha value is -2.42. The van der Waals surface area contributed by atoms with Gasteiger partial charge in [0, 0.05) is 30.0 Å². The highest BCUT2D eigenvalue weighted by Gasteiger charge is 2.00. The quantitative estimate of drug-likeness (QED) is 0.764. The van der Waals surface area contributed by atoms with E-state index in [4.69, 9.17) is 0 Å². The van der Waals surface area contributed by atoms with E-state index in [0.717, 1.165) is 22.0 Å². The Labute approximate surface area is 117 Å². The van der Waals surface area contributed by atoms with Crippen molar-refractivity contribution >= 4 is 16.5 Å². The van der Waals surface area contributed by atoms with Crippen LogP contribution >= 0.6 is 0 Å². The molecule has 100 valence electrons. The standard InChI is InChI=1S/C17H15FN2/c1-12-2-5-16(9-17(12)18)20-10-13-3-4-15-11-19-7-6-14(15)8-13/h2-9,11,20H,10H2,1H3. The number of aryl methyl sites for hydroxylation is 1. The van der Waals surface area contributed by atoms with Crippen LogP contribution in [0.2, 0.25) is 0 Å². The molecule has 3 heteroatoms. The maximum absolute atomic E-state index is 13.5. The van der Waals surface area contributed by atoms with Gasteiger partial charge in [-0.25, -0.2) is 4.39 Å². The first kappa shape index (κ1) is 12.6. The lowest BCUT2D eigenvalue weighted by Crippen LogP contribution is -2.00. The van der Waals surface area contributed by atoms with Gasteiger partial charge in [-0.05, 0) is 47.7 Å². The fraction of sp³-hybridized carbons (Fsp3) is 0.118. The van der Waals surface area contributed by atoms with E-state index in [-0.39, 0.29) is 5.82 Å². The van der Waals surface area contributed by atoms with Gasteiger partial charge < -0.3 is 5.32 Å². The van der Waals surface area contributed by atoms with Gasteiger partial charge in [-0.2, -0.15) is 0 Å². The van der Waals surface area contributed by atoms with Gasteiger partial charge in [-0.15, -0.1) is 0 Å². The van der Waals surface area contributed by atoms with Crippen molar-refractivity contribution in [3.05, 3.63) is 71.8 Å². The van der Waals surface area contributed by atoms with Crippen LogP contribution < -0.4 is 5.32 Å². The van der Waals surface area contributed by atoms with E-state index in [1.54, 1.807) is 19.2 Å². The molecule has 0 unspecified atom stereocenters. The van der Waals surface area contributed by atoms with Crippen molar-refractivity contribution in [3.63, 3.8) is 0 Å². The van der Waals surface area contributed by atoms with E-state index in [1.807, 2.05) is 18.3 Å². The predicted octanol–water partition coefficient (Wildman–Crippen LogP) is 4.29. The van der Waals surface area contributed by atoms with Gasteiger partial charge in [-0.1, -0.05) is 18.2 Å². The minimum Gasteiger partial charge on any atom is -0.381 e. The summed E-state index contributed by atoms with van der Waals surface area (Å²) in [5.41, 5.74) is 2.61. The Balaban J connectivity index is 1.77. The summed E-state index contributed by atoms with van der Waals surface area (Å²) in [6.45, 7) is 2.43. The molecule has 1 N–H and O–H groups in total. The molecule has 0 saturated carbocycles. The van der Waals surface area contributed by atoms with Gasteiger partial charge in [0.1, 0.15) is 5.82 Å². The molecule has 0 fully saturated rings. The van der Waals surface area contributed by atoms with Crippen molar-refractivity contribution < 1.29 is 4.39 Å². The van der Waals surface area contributed by atoms with Crippen LogP contribution in [0.4, 0.5) is 10.1 Å². The predicted molar refractivity (Wildman–Crippen MR) is 80.2 cm³/mol. The molecule has 0 saturated heterocycles. The van der Waals surface area contributed by atoms with Crippen molar-refractivity contribution in [2.75, 3.05) is 5.32 Å². The SMILES string of the molecule is Cc1ccc(NCc2ccc3cnccc3c2)cc1F. The zero-order valence-electron chi connectivity index (χ0n) is 11.2. The van der Waals surface area contributed by atoms with Gasteiger partial charge in [0.25, 0.3) is 0 Å². The summed E-state index contributed by atoms with van der Waals surface area (Å²) in [7, 11) is 0. The second-order valence-corrected chi connectivity index (χ2v) is 4.87. The zero-order valence-corrected chi connectivity index (χ0v) is 11.2. The second-order valence-electron chi connectivity index (χ2n) is 4.87. The first-order valence-corrected chi connectivity index (χ1v) is 6.55. The molecule has 2 nitrogen and oxygen atoms in total. The van der Waals surface area contributed by atoms with Crippen molar-refractivity contribution in [1.82, 2.24) is 4.98 Å². The number of benzene rings is 2. The largest absolute Gasteiger partial charge is 0.381 e. The molecule has 1 aromatic heterocycles. The van der Waals surface area contributed by atoms with Crippen molar-refractivity contribution in [3.8, 4) is 0 Å². The molecule has 0 spiro atoms. The molecule has 0 bridgehead atoms. The first-order chi connectivity index (χ1) is 9.72. The molecule has 3 aromatic rings. The molecule has 0 amide bonds. The van der Waals surface area contributed by atoms with Gasteiger partial charge in [0.2, 0.25) is 0 Å². The molecular weight excluding hydrogens is 251 g/mol. The number of rotatable bonds is 3.